The van der Waals surface area contributed by atoms with Gasteiger partial charge in [-0.25, -0.2) is 17.2 Å². The maximum atomic E-state index is 13.7. The Labute approximate surface area is 183 Å². The molecule has 2 aliphatic rings. The van der Waals surface area contributed by atoms with Crippen molar-refractivity contribution in [2.45, 2.75) is 43.5 Å². The quantitative estimate of drug-likeness (QED) is 0.642. The molecule has 2 saturated heterocycles. The number of benzene rings is 1. The second-order valence-electron chi connectivity index (χ2n) is 8.24. The summed E-state index contributed by atoms with van der Waals surface area (Å²) in [7, 11) is -4.07. The zero-order valence-corrected chi connectivity index (χ0v) is 18.8. The maximum absolute atomic E-state index is 13.7. The van der Waals surface area contributed by atoms with Crippen LogP contribution in [0, 0.1) is 11.6 Å². The lowest BCUT2D eigenvalue weighted by Gasteiger charge is -2.35. The Kier molecular flexibility index (Phi) is 8.37. The lowest BCUT2D eigenvalue weighted by Crippen LogP contribution is -2.48. The van der Waals surface area contributed by atoms with Gasteiger partial charge in [0.2, 0.25) is 15.9 Å². The fraction of sp³-hybridized carbons (Fsp3) is 0.667. The first-order valence-electron chi connectivity index (χ1n) is 11.0. The van der Waals surface area contributed by atoms with Crippen LogP contribution in [0.3, 0.4) is 0 Å². The molecule has 1 aromatic rings. The minimum Gasteiger partial charge on any atom is -0.340 e. The van der Waals surface area contributed by atoms with Gasteiger partial charge >= 0.3 is 0 Å². The van der Waals surface area contributed by atoms with Crippen LogP contribution in [0.15, 0.2) is 23.1 Å². The summed E-state index contributed by atoms with van der Waals surface area (Å²) < 4.78 is 54.7. The predicted molar refractivity (Wildman–Crippen MR) is 114 cm³/mol. The van der Waals surface area contributed by atoms with E-state index in [0.29, 0.717) is 31.7 Å². The average Bonchev–Trinajstić information content (AvgIpc) is 2.77. The van der Waals surface area contributed by atoms with Gasteiger partial charge in [0.25, 0.3) is 0 Å². The second-order valence-corrected chi connectivity index (χ2v) is 10.2. The number of piperidine rings is 1. The number of likely N-dealkylation sites (tertiary alicyclic amines) is 1. The molecule has 0 bridgehead atoms. The number of carbonyl (C=O) groups is 1. The van der Waals surface area contributed by atoms with Gasteiger partial charge < -0.3 is 10.2 Å². The standard InChI is InChI=1S/C21H32F2N4O3S/c1-17-4-2-3-10-25(17)14-15-27(11-7-21(28)26-12-8-24-9-13-26)31(29,30)18-5-6-19(22)20(23)16-18/h5-6,16-17,24H,2-4,7-15H2,1H3/t17-/m1/s1. The van der Waals surface area contributed by atoms with E-state index in [9.17, 15) is 22.0 Å². The molecule has 1 aromatic carbocycles. The van der Waals surface area contributed by atoms with Gasteiger partial charge in [0.05, 0.1) is 4.90 Å². The highest BCUT2D eigenvalue weighted by molar-refractivity contribution is 7.89. The van der Waals surface area contributed by atoms with Crippen molar-refractivity contribution >= 4 is 15.9 Å². The summed E-state index contributed by atoms with van der Waals surface area (Å²) >= 11 is 0. The molecule has 0 spiro atoms. The molecule has 2 fully saturated rings. The topological polar surface area (TPSA) is 73.0 Å². The van der Waals surface area contributed by atoms with Gasteiger partial charge in [0.1, 0.15) is 0 Å². The third-order valence-electron chi connectivity index (χ3n) is 6.15. The van der Waals surface area contributed by atoms with E-state index in [1.54, 1.807) is 4.90 Å². The van der Waals surface area contributed by atoms with Crippen molar-refractivity contribution in [3.8, 4) is 0 Å². The number of piperazine rings is 1. The van der Waals surface area contributed by atoms with Crippen molar-refractivity contribution in [3.05, 3.63) is 29.8 Å². The molecule has 10 heteroatoms. The number of amides is 1. The lowest BCUT2D eigenvalue weighted by molar-refractivity contribution is -0.131. The van der Waals surface area contributed by atoms with Gasteiger partial charge in [-0.15, -0.1) is 0 Å². The molecule has 2 heterocycles. The van der Waals surface area contributed by atoms with E-state index >= 15 is 0 Å². The number of sulfonamides is 1. The Balaban J connectivity index is 1.73. The minimum atomic E-state index is -4.07. The molecule has 0 aromatic heterocycles. The van der Waals surface area contributed by atoms with E-state index in [1.165, 1.54) is 4.31 Å². The van der Waals surface area contributed by atoms with Crippen LogP contribution < -0.4 is 5.32 Å². The van der Waals surface area contributed by atoms with Gasteiger partial charge in [-0.3, -0.25) is 9.69 Å². The second kappa shape index (κ2) is 10.8. The number of nitrogens with zero attached hydrogens (tertiary/aromatic N) is 3. The van der Waals surface area contributed by atoms with Crippen LogP contribution in [0.5, 0.6) is 0 Å². The molecule has 1 N–H and O–H groups in total. The van der Waals surface area contributed by atoms with Crippen molar-refractivity contribution < 1.29 is 22.0 Å². The lowest BCUT2D eigenvalue weighted by atomic mass is 10.0. The molecule has 0 aliphatic carbocycles. The van der Waals surface area contributed by atoms with Gasteiger partial charge in [0, 0.05) is 58.3 Å². The average molecular weight is 459 g/mol. The van der Waals surface area contributed by atoms with Gasteiger partial charge in [-0.2, -0.15) is 4.31 Å². The molecular formula is C21H32F2N4O3S. The molecule has 31 heavy (non-hydrogen) atoms. The highest BCUT2D eigenvalue weighted by Crippen LogP contribution is 2.21. The SMILES string of the molecule is C[C@@H]1CCCCN1CCN(CCC(=O)N1CCNCC1)S(=O)(=O)c1ccc(F)c(F)c1. The molecule has 1 amide bonds. The van der Waals surface area contributed by atoms with Crippen LogP contribution >= 0.6 is 0 Å². The molecule has 7 nitrogen and oxygen atoms in total. The van der Waals surface area contributed by atoms with E-state index < -0.39 is 21.7 Å². The van der Waals surface area contributed by atoms with E-state index in [4.69, 9.17) is 0 Å². The fourth-order valence-corrected chi connectivity index (χ4v) is 5.61. The third kappa shape index (κ3) is 6.21. The van der Waals surface area contributed by atoms with Crippen LogP contribution in [-0.2, 0) is 14.8 Å². The molecular weight excluding hydrogens is 426 g/mol. The molecule has 2 aliphatic heterocycles. The Morgan fingerprint density at radius 2 is 1.87 bits per heavy atom. The molecule has 1 atom stereocenters. The number of carbonyl (C=O) groups excluding carboxylic acids is 1. The summed E-state index contributed by atoms with van der Waals surface area (Å²) in [5.74, 6) is -2.40. The van der Waals surface area contributed by atoms with E-state index in [2.05, 4.69) is 17.1 Å². The summed E-state index contributed by atoms with van der Waals surface area (Å²) in [4.78, 5) is 16.3. The first kappa shape index (κ1) is 24.0. The summed E-state index contributed by atoms with van der Waals surface area (Å²) in [6.07, 6.45) is 3.35. The Bertz CT molecular complexity index is 862. The van der Waals surface area contributed by atoms with Gasteiger partial charge in [-0.1, -0.05) is 6.42 Å². The van der Waals surface area contributed by atoms with E-state index in [1.807, 2.05) is 0 Å². The Morgan fingerprint density at radius 1 is 1.13 bits per heavy atom. The highest BCUT2D eigenvalue weighted by atomic mass is 32.2. The summed E-state index contributed by atoms with van der Waals surface area (Å²) in [5, 5.41) is 3.18. The zero-order valence-electron chi connectivity index (χ0n) is 18.0. The highest BCUT2D eigenvalue weighted by Gasteiger charge is 2.28. The minimum absolute atomic E-state index is 0.00626. The molecule has 3 rings (SSSR count). The summed E-state index contributed by atoms with van der Waals surface area (Å²) in [5.41, 5.74) is 0. The Morgan fingerprint density at radius 3 is 2.55 bits per heavy atom. The maximum Gasteiger partial charge on any atom is 0.243 e. The van der Waals surface area contributed by atoms with E-state index in [-0.39, 0.29) is 30.3 Å². The smallest absolute Gasteiger partial charge is 0.243 e. The largest absolute Gasteiger partial charge is 0.340 e. The zero-order chi connectivity index (χ0) is 22.4. The van der Waals surface area contributed by atoms with Crippen molar-refractivity contribution in [2.75, 3.05) is 52.4 Å². The van der Waals surface area contributed by atoms with E-state index in [0.717, 1.165) is 51.0 Å². The van der Waals surface area contributed by atoms with Crippen molar-refractivity contribution in [2.24, 2.45) is 0 Å². The van der Waals surface area contributed by atoms with Crippen LogP contribution in [0.1, 0.15) is 32.6 Å². The first-order chi connectivity index (χ1) is 14.8. The van der Waals surface area contributed by atoms with Crippen molar-refractivity contribution in [1.29, 1.82) is 0 Å². The molecule has 0 saturated carbocycles. The number of hydrogen-bond acceptors (Lipinski definition) is 5. The fourth-order valence-electron chi connectivity index (χ4n) is 4.16. The predicted octanol–water partition coefficient (Wildman–Crippen LogP) is 1.65. The molecule has 174 valence electrons. The molecule has 0 unspecified atom stereocenters. The van der Waals surface area contributed by atoms with Crippen LogP contribution in [-0.4, -0.2) is 86.8 Å². The number of halogens is 2. The first-order valence-corrected chi connectivity index (χ1v) is 12.4. The number of rotatable bonds is 8. The van der Waals surface area contributed by atoms with Crippen molar-refractivity contribution in [3.63, 3.8) is 0 Å². The van der Waals surface area contributed by atoms with Crippen LogP contribution in [0.25, 0.3) is 0 Å². The van der Waals surface area contributed by atoms with Crippen LogP contribution in [0.4, 0.5) is 8.78 Å². The number of hydrogen-bond donors (Lipinski definition) is 1. The van der Waals surface area contributed by atoms with Gasteiger partial charge in [0.15, 0.2) is 11.6 Å². The van der Waals surface area contributed by atoms with Gasteiger partial charge in [-0.05, 0) is 44.5 Å². The van der Waals surface area contributed by atoms with Crippen molar-refractivity contribution in [1.82, 2.24) is 19.4 Å². The molecule has 0 radical (unpaired) electrons. The normalized spacial score (nSPS) is 20.9. The third-order valence-corrected chi connectivity index (χ3v) is 8.05. The number of nitrogens with one attached hydrogen (secondary N) is 1. The monoisotopic (exact) mass is 458 g/mol. The summed E-state index contributed by atoms with van der Waals surface area (Å²) in [6, 6.07) is 2.96. The summed E-state index contributed by atoms with van der Waals surface area (Å²) in [6.45, 7) is 6.39. The van der Waals surface area contributed by atoms with Crippen LogP contribution in [0.2, 0.25) is 0 Å². The Hall–Kier alpha value is -1.62.